The molecule has 0 fully saturated rings. The highest BCUT2D eigenvalue weighted by atomic mass is 16.5. The molecular weight excluding hydrogens is 454 g/mol. The molecule has 5 aromatic rings. The minimum absolute atomic E-state index is 0.247. The Morgan fingerprint density at radius 3 is 2.58 bits per heavy atom. The van der Waals surface area contributed by atoms with Gasteiger partial charge in [0.25, 0.3) is 5.91 Å². The second-order valence-electron chi connectivity index (χ2n) is 8.59. The highest BCUT2D eigenvalue weighted by molar-refractivity contribution is 5.94. The van der Waals surface area contributed by atoms with Gasteiger partial charge < -0.3 is 20.4 Å². The Hall–Kier alpha value is -4.66. The fourth-order valence-electron chi connectivity index (χ4n) is 4.17. The summed E-state index contributed by atoms with van der Waals surface area (Å²) < 4.78 is 9.38. The largest absolute Gasteiger partial charge is 0.496 e. The summed E-state index contributed by atoms with van der Waals surface area (Å²) in [5, 5.41) is 8.94. The Balaban J connectivity index is 1.25. The number of nitrogens with one attached hydrogen (secondary N) is 1. The molecular formula is C27H27N7O2. The average Bonchev–Trinajstić information content (AvgIpc) is 3.53. The van der Waals surface area contributed by atoms with E-state index in [1.54, 1.807) is 25.7 Å². The van der Waals surface area contributed by atoms with E-state index in [2.05, 4.69) is 44.6 Å². The van der Waals surface area contributed by atoms with Crippen LogP contribution in [0.1, 0.15) is 33.0 Å². The molecule has 3 heterocycles. The number of aromatic nitrogens is 5. The summed E-state index contributed by atoms with van der Waals surface area (Å²) in [4.78, 5) is 21.5. The van der Waals surface area contributed by atoms with E-state index in [0.717, 1.165) is 34.3 Å². The van der Waals surface area contributed by atoms with Crippen molar-refractivity contribution in [2.45, 2.75) is 26.6 Å². The number of imidazole rings is 1. The summed E-state index contributed by atoms with van der Waals surface area (Å²) in [5.74, 6) is 1.60. The van der Waals surface area contributed by atoms with E-state index in [1.165, 1.54) is 5.56 Å². The molecule has 1 amide bonds. The van der Waals surface area contributed by atoms with Gasteiger partial charge in [-0.25, -0.2) is 9.97 Å². The van der Waals surface area contributed by atoms with Crippen LogP contribution >= 0.6 is 0 Å². The number of rotatable bonds is 8. The van der Waals surface area contributed by atoms with Crippen LogP contribution in [0.3, 0.4) is 0 Å². The van der Waals surface area contributed by atoms with Gasteiger partial charge in [-0.05, 0) is 47.7 Å². The summed E-state index contributed by atoms with van der Waals surface area (Å²) in [5.41, 5.74) is 9.50. The molecule has 0 aliphatic heterocycles. The minimum Gasteiger partial charge on any atom is -0.496 e. The van der Waals surface area contributed by atoms with Crippen LogP contribution in [-0.4, -0.2) is 37.3 Å². The zero-order valence-electron chi connectivity index (χ0n) is 20.2. The number of methoxy groups -OCH3 is 1. The first-order valence-corrected chi connectivity index (χ1v) is 11.6. The third kappa shape index (κ3) is 4.90. The monoisotopic (exact) mass is 481 g/mol. The predicted molar refractivity (Wildman–Crippen MR) is 138 cm³/mol. The maximum absolute atomic E-state index is 12.9. The molecule has 0 aliphatic carbocycles. The number of nitrogens with two attached hydrogens (primary N) is 1. The van der Waals surface area contributed by atoms with Crippen LogP contribution in [-0.2, 0) is 19.6 Å². The lowest BCUT2D eigenvalue weighted by atomic mass is 10.1. The molecule has 0 spiro atoms. The Kier molecular flexibility index (Phi) is 6.36. The summed E-state index contributed by atoms with van der Waals surface area (Å²) in [6.45, 7) is 3.55. The molecule has 9 heteroatoms. The van der Waals surface area contributed by atoms with Gasteiger partial charge in [-0.15, -0.1) is 0 Å². The molecule has 3 N–H and O–H groups in total. The normalized spacial score (nSPS) is 11.1. The molecule has 0 radical (unpaired) electrons. The topological polar surface area (TPSA) is 113 Å². The molecule has 0 atom stereocenters. The molecule has 2 aromatic carbocycles. The molecule has 0 aliphatic rings. The van der Waals surface area contributed by atoms with Crippen LogP contribution in [0.4, 0.5) is 5.82 Å². The number of aryl methyl sites for hydroxylation is 1. The summed E-state index contributed by atoms with van der Waals surface area (Å²) in [6, 6.07) is 16.0. The van der Waals surface area contributed by atoms with Gasteiger partial charge in [0.15, 0.2) is 0 Å². The van der Waals surface area contributed by atoms with Crippen LogP contribution < -0.4 is 15.8 Å². The molecule has 36 heavy (non-hydrogen) atoms. The van der Waals surface area contributed by atoms with Gasteiger partial charge in [0.2, 0.25) is 0 Å². The first-order valence-electron chi connectivity index (χ1n) is 11.6. The molecule has 182 valence electrons. The molecule has 3 aromatic heterocycles. The SMILES string of the molecule is COc1cc2c(N)nccc2cc1CNC(=O)c1cn(Cc2ccc(Cn3cccn3)cc2)c(C)n1. The minimum atomic E-state index is -0.247. The number of fused-ring (bicyclic) bond motifs is 1. The zero-order chi connectivity index (χ0) is 25.1. The van der Waals surface area contributed by atoms with Crippen LogP contribution in [0, 0.1) is 6.92 Å². The average molecular weight is 482 g/mol. The van der Waals surface area contributed by atoms with Crippen LogP contribution in [0.5, 0.6) is 5.75 Å². The fraction of sp³-hybridized carbons (Fsp3) is 0.185. The highest BCUT2D eigenvalue weighted by Crippen LogP contribution is 2.28. The number of ether oxygens (including phenoxy) is 1. The summed E-state index contributed by atoms with van der Waals surface area (Å²) in [6.07, 6.45) is 7.16. The van der Waals surface area contributed by atoms with E-state index in [-0.39, 0.29) is 5.91 Å². The summed E-state index contributed by atoms with van der Waals surface area (Å²) >= 11 is 0. The first kappa shape index (κ1) is 23.1. The van der Waals surface area contributed by atoms with Crippen LogP contribution in [0.25, 0.3) is 10.8 Å². The number of pyridine rings is 1. The number of carbonyl (C=O) groups is 1. The Bertz CT molecular complexity index is 1510. The van der Waals surface area contributed by atoms with Gasteiger partial charge in [0.05, 0.1) is 13.7 Å². The smallest absolute Gasteiger partial charge is 0.271 e. The third-order valence-electron chi connectivity index (χ3n) is 6.12. The van der Waals surface area contributed by atoms with Crippen molar-refractivity contribution in [3.8, 4) is 5.75 Å². The number of carbonyl (C=O) groups excluding carboxylic acids is 1. The maximum Gasteiger partial charge on any atom is 0.271 e. The molecule has 0 unspecified atom stereocenters. The van der Waals surface area contributed by atoms with Crippen molar-refractivity contribution in [1.29, 1.82) is 0 Å². The Morgan fingerprint density at radius 2 is 1.86 bits per heavy atom. The Labute approximate surface area is 208 Å². The molecule has 0 bridgehead atoms. The number of anilines is 1. The number of amides is 1. The van der Waals surface area contributed by atoms with Crippen molar-refractivity contribution in [3.63, 3.8) is 0 Å². The second kappa shape index (κ2) is 9.91. The van der Waals surface area contributed by atoms with Crippen LogP contribution in [0.15, 0.2) is 73.3 Å². The molecule has 5 rings (SSSR count). The third-order valence-corrected chi connectivity index (χ3v) is 6.12. The van der Waals surface area contributed by atoms with Crippen molar-refractivity contribution in [1.82, 2.24) is 29.6 Å². The van der Waals surface area contributed by atoms with E-state index < -0.39 is 0 Å². The van der Waals surface area contributed by atoms with Crippen molar-refractivity contribution < 1.29 is 9.53 Å². The lowest BCUT2D eigenvalue weighted by molar-refractivity contribution is 0.0946. The van der Waals surface area contributed by atoms with Gasteiger partial charge in [0.1, 0.15) is 23.1 Å². The number of hydrogen-bond donors (Lipinski definition) is 2. The van der Waals surface area contributed by atoms with Gasteiger partial charge in [-0.3, -0.25) is 9.48 Å². The molecule has 9 nitrogen and oxygen atoms in total. The maximum atomic E-state index is 12.9. The van der Waals surface area contributed by atoms with Crippen molar-refractivity contribution in [2.75, 3.05) is 12.8 Å². The van der Waals surface area contributed by atoms with Gasteiger partial charge in [0, 0.05) is 48.8 Å². The summed E-state index contributed by atoms with van der Waals surface area (Å²) in [7, 11) is 1.59. The lowest BCUT2D eigenvalue weighted by Gasteiger charge is -2.12. The lowest BCUT2D eigenvalue weighted by Crippen LogP contribution is -2.23. The fourth-order valence-corrected chi connectivity index (χ4v) is 4.17. The second-order valence-corrected chi connectivity index (χ2v) is 8.59. The van der Waals surface area contributed by atoms with E-state index in [9.17, 15) is 4.79 Å². The zero-order valence-corrected chi connectivity index (χ0v) is 20.2. The molecule has 0 saturated heterocycles. The molecule has 0 saturated carbocycles. The van der Waals surface area contributed by atoms with Crippen LogP contribution in [0.2, 0.25) is 0 Å². The standard InChI is InChI=1S/C27H27N7O2/c1-18-32-24(17-33(18)15-19-4-6-20(7-5-19)16-34-11-3-9-31-34)27(35)30-14-22-12-21-8-10-29-26(28)23(21)13-25(22)36-2/h3-13,17H,14-16H2,1-2H3,(H2,28,29)(H,30,35). The highest BCUT2D eigenvalue weighted by Gasteiger charge is 2.14. The van der Waals surface area contributed by atoms with Crippen molar-refractivity contribution >= 4 is 22.5 Å². The van der Waals surface area contributed by atoms with E-state index in [0.29, 0.717) is 30.4 Å². The number of nitrogen functional groups attached to an aromatic ring is 1. The van der Waals surface area contributed by atoms with Crippen molar-refractivity contribution in [3.05, 3.63) is 102 Å². The number of nitrogens with zero attached hydrogens (tertiary/aromatic N) is 5. The number of benzene rings is 2. The number of hydrogen-bond acceptors (Lipinski definition) is 6. The van der Waals surface area contributed by atoms with E-state index in [1.807, 2.05) is 46.6 Å². The van der Waals surface area contributed by atoms with Gasteiger partial charge in [-0.2, -0.15) is 5.10 Å². The van der Waals surface area contributed by atoms with Crippen molar-refractivity contribution in [2.24, 2.45) is 0 Å². The quantitative estimate of drug-likeness (QED) is 0.350. The van der Waals surface area contributed by atoms with Gasteiger partial charge >= 0.3 is 0 Å². The van der Waals surface area contributed by atoms with Gasteiger partial charge in [-0.1, -0.05) is 24.3 Å². The van der Waals surface area contributed by atoms with E-state index >= 15 is 0 Å². The first-order chi connectivity index (χ1) is 17.5. The van der Waals surface area contributed by atoms with E-state index in [4.69, 9.17) is 10.5 Å². The Morgan fingerprint density at radius 1 is 1.08 bits per heavy atom. The predicted octanol–water partition coefficient (Wildman–Crippen LogP) is 3.55.